The van der Waals surface area contributed by atoms with Gasteiger partial charge in [-0.15, -0.1) is 0 Å². The molecule has 2 aliphatic heterocycles. The van der Waals surface area contributed by atoms with Gasteiger partial charge in [0.1, 0.15) is 0 Å². The first-order valence-corrected chi connectivity index (χ1v) is 10.4. The van der Waals surface area contributed by atoms with Crippen LogP contribution >= 0.6 is 0 Å². The highest BCUT2D eigenvalue weighted by Crippen LogP contribution is 2.22. The van der Waals surface area contributed by atoms with Crippen molar-refractivity contribution >= 4 is 15.5 Å². The van der Waals surface area contributed by atoms with Gasteiger partial charge in [-0.1, -0.05) is 25.1 Å². The maximum Gasteiger partial charge on any atom is 0.151 e. The molecular formula is C17H27N3O2S. The van der Waals surface area contributed by atoms with E-state index < -0.39 is 9.84 Å². The van der Waals surface area contributed by atoms with Crippen molar-refractivity contribution in [2.45, 2.75) is 25.9 Å². The monoisotopic (exact) mass is 337 g/mol. The molecule has 1 aromatic carbocycles. The first kappa shape index (κ1) is 16.7. The average molecular weight is 337 g/mol. The van der Waals surface area contributed by atoms with Gasteiger partial charge in [0.05, 0.1) is 11.5 Å². The smallest absolute Gasteiger partial charge is 0.151 e. The van der Waals surface area contributed by atoms with Gasteiger partial charge in [0.15, 0.2) is 9.84 Å². The van der Waals surface area contributed by atoms with Gasteiger partial charge in [-0.2, -0.15) is 0 Å². The van der Waals surface area contributed by atoms with E-state index in [1.807, 2.05) is 0 Å². The van der Waals surface area contributed by atoms with E-state index in [2.05, 4.69) is 46.3 Å². The van der Waals surface area contributed by atoms with E-state index in [9.17, 15) is 8.42 Å². The van der Waals surface area contributed by atoms with Crippen LogP contribution in [0.25, 0.3) is 0 Å². The largest absolute Gasteiger partial charge is 0.369 e. The van der Waals surface area contributed by atoms with Crippen molar-refractivity contribution in [1.29, 1.82) is 0 Å². The second-order valence-electron chi connectivity index (χ2n) is 6.53. The Balaban J connectivity index is 1.62. The van der Waals surface area contributed by atoms with Crippen LogP contribution in [0.3, 0.4) is 0 Å². The summed E-state index contributed by atoms with van der Waals surface area (Å²) in [7, 11) is -2.82. The lowest BCUT2D eigenvalue weighted by atomic mass is 10.1. The Kier molecular flexibility index (Phi) is 5.24. The van der Waals surface area contributed by atoms with Crippen LogP contribution in [-0.4, -0.2) is 63.6 Å². The van der Waals surface area contributed by atoms with Crippen molar-refractivity contribution in [2.24, 2.45) is 0 Å². The minimum absolute atomic E-state index is 0.102. The fraction of sp³-hybridized carbons (Fsp3) is 0.647. The van der Waals surface area contributed by atoms with Gasteiger partial charge in [0.25, 0.3) is 0 Å². The van der Waals surface area contributed by atoms with Crippen molar-refractivity contribution < 1.29 is 8.42 Å². The van der Waals surface area contributed by atoms with Gasteiger partial charge in [-0.3, -0.25) is 0 Å². The van der Waals surface area contributed by atoms with Gasteiger partial charge in [-0.05, 0) is 24.6 Å². The second kappa shape index (κ2) is 7.20. The van der Waals surface area contributed by atoms with E-state index >= 15 is 0 Å². The fourth-order valence-corrected chi connectivity index (χ4v) is 5.19. The summed E-state index contributed by atoms with van der Waals surface area (Å²) < 4.78 is 23.1. The van der Waals surface area contributed by atoms with E-state index in [0.29, 0.717) is 5.75 Å². The molecule has 5 nitrogen and oxygen atoms in total. The summed E-state index contributed by atoms with van der Waals surface area (Å²) in [5, 5.41) is 3.44. The number of para-hydroxylation sites is 1. The zero-order valence-corrected chi connectivity index (χ0v) is 14.7. The normalized spacial score (nSPS) is 24.9. The minimum atomic E-state index is -2.82. The SMILES string of the molecule is CCN1CCN(c2ccccc2CN[C@H]2CCS(=O)(=O)C2)CC1. The molecule has 0 bridgehead atoms. The molecule has 2 heterocycles. The van der Waals surface area contributed by atoms with Gasteiger partial charge < -0.3 is 15.1 Å². The van der Waals surface area contributed by atoms with E-state index in [1.165, 1.54) is 11.3 Å². The molecule has 1 aromatic rings. The zero-order chi connectivity index (χ0) is 16.3. The Bertz CT molecular complexity index is 624. The van der Waals surface area contributed by atoms with E-state index in [1.54, 1.807) is 0 Å². The molecular weight excluding hydrogens is 310 g/mol. The number of hydrogen-bond acceptors (Lipinski definition) is 5. The van der Waals surface area contributed by atoms with Crippen LogP contribution in [0.1, 0.15) is 18.9 Å². The highest BCUT2D eigenvalue weighted by atomic mass is 32.2. The highest BCUT2D eigenvalue weighted by Gasteiger charge is 2.27. The molecule has 0 aromatic heterocycles. The molecule has 0 aliphatic carbocycles. The first-order valence-electron chi connectivity index (χ1n) is 8.56. The zero-order valence-electron chi connectivity index (χ0n) is 13.9. The maximum atomic E-state index is 11.6. The molecule has 6 heteroatoms. The lowest BCUT2D eigenvalue weighted by Gasteiger charge is -2.36. The Morgan fingerprint density at radius 3 is 2.57 bits per heavy atom. The molecule has 128 valence electrons. The predicted octanol–water partition coefficient (Wildman–Crippen LogP) is 1.11. The molecule has 23 heavy (non-hydrogen) atoms. The summed E-state index contributed by atoms with van der Waals surface area (Å²) in [5.41, 5.74) is 2.55. The first-order chi connectivity index (χ1) is 11.1. The summed E-state index contributed by atoms with van der Waals surface area (Å²) in [6, 6.07) is 8.59. The van der Waals surface area contributed by atoms with Crippen LogP contribution in [0, 0.1) is 0 Å². The Labute approximate surface area is 139 Å². The standard InChI is InChI=1S/C17H27N3O2S/c1-2-19-8-10-20(11-9-19)17-6-4-3-5-15(17)13-18-16-7-12-23(21,22)14-16/h3-6,16,18H,2,7-14H2,1H3/t16-/m0/s1. The van der Waals surface area contributed by atoms with Crippen LogP contribution in [0.2, 0.25) is 0 Å². The van der Waals surface area contributed by atoms with Crippen LogP contribution in [0.4, 0.5) is 5.69 Å². The fourth-order valence-electron chi connectivity index (χ4n) is 3.48. The van der Waals surface area contributed by atoms with Crippen molar-refractivity contribution in [2.75, 3.05) is 49.1 Å². The van der Waals surface area contributed by atoms with Gasteiger partial charge in [0, 0.05) is 44.5 Å². The molecule has 1 N–H and O–H groups in total. The molecule has 2 aliphatic rings. The lowest BCUT2D eigenvalue weighted by molar-refractivity contribution is 0.271. The highest BCUT2D eigenvalue weighted by molar-refractivity contribution is 7.91. The molecule has 0 spiro atoms. The Hall–Kier alpha value is -1.11. The van der Waals surface area contributed by atoms with Crippen molar-refractivity contribution in [3.8, 4) is 0 Å². The van der Waals surface area contributed by atoms with Crippen LogP contribution in [0.15, 0.2) is 24.3 Å². The number of piperazine rings is 1. The maximum absolute atomic E-state index is 11.6. The van der Waals surface area contributed by atoms with E-state index in [-0.39, 0.29) is 11.8 Å². The predicted molar refractivity (Wildman–Crippen MR) is 94.7 cm³/mol. The molecule has 2 saturated heterocycles. The summed E-state index contributed by atoms with van der Waals surface area (Å²) in [6.45, 7) is 8.41. The number of benzene rings is 1. The van der Waals surface area contributed by atoms with Crippen molar-refractivity contribution in [3.05, 3.63) is 29.8 Å². The van der Waals surface area contributed by atoms with Crippen molar-refractivity contribution in [1.82, 2.24) is 10.2 Å². The summed E-state index contributed by atoms with van der Waals surface area (Å²) in [6.07, 6.45) is 0.736. The van der Waals surface area contributed by atoms with E-state index in [0.717, 1.165) is 45.7 Å². The van der Waals surface area contributed by atoms with Crippen LogP contribution in [-0.2, 0) is 16.4 Å². The number of nitrogens with one attached hydrogen (secondary N) is 1. The molecule has 0 radical (unpaired) electrons. The number of hydrogen-bond donors (Lipinski definition) is 1. The molecule has 0 saturated carbocycles. The molecule has 3 rings (SSSR count). The number of nitrogens with zero attached hydrogens (tertiary/aromatic N) is 2. The Morgan fingerprint density at radius 2 is 1.91 bits per heavy atom. The summed E-state index contributed by atoms with van der Waals surface area (Å²) in [4.78, 5) is 4.93. The topological polar surface area (TPSA) is 52.6 Å². The third-order valence-electron chi connectivity index (χ3n) is 4.97. The second-order valence-corrected chi connectivity index (χ2v) is 8.76. The number of likely N-dealkylation sites (N-methyl/N-ethyl adjacent to an activating group) is 1. The molecule has 0 unspecified atom stereocenters. The number of anilines is 1. The molecule has 1 atom stereocenters. The third kappa shape index (κ3) is 4.25. The van der Waals surface area contributed by atoms with E-state index in [4.69, 9.17) is 0 Å². The van der Waals surface area contributed by atoms with Gasteiger partial charge in [0.2, 0.25) is 0 Å². The average Bonchev–Trinajstić information content (AvgIpc) is 2.92. The third-order valence-corrected chi connectivity index (χ3v) is 6.73. The van der Waals surface area contributed by atoms with Crippen LogP contribution < -0.4 is 10.2 Å². The summed E-state index contributed by atoms with van der Waals surface area (Å²) >= 11 is 0. The number of rotatable bonds is 5. The number of sulfone groups is 1. The summed E-state index contributed by atoms with van der Waals surface area (Å²) in [5.74, 6) is 0.607. The molecule has 2 fully saturated rings. The minimum Gasteiger partial charge on any atom is -0.369 e. The van der Waals surface area contributed by atoms with Gasteiger partial charge in [-0.25, -0.2) is 8.42 Å². The Morgan fingerprint density at radius 1 is 1.17 bits per heavy atom. The van der Waals surface area contributed by atoms with Gasteiger partial charge >= 0.3 is 0 Å². The van der Waals surface area contributed by atoms with Crippen LogP contribution in [0.5, 0.6) is 0 Å². The quantitative estimate of drug-likeness (QED) is 0.872. The molecule has 0 amide bonds. The lowest BCUT2D eigenvalue weighted by Crippen LogP contribution is -2.46. The van der Waals surface area contributed by atoms with Crippen molar-refractivity contribution in [3.63, 3.8) is 0 Å².